The first-order valence-electron chi connectivity index (χ1n) is 10.2. The van der Waals surface area contributed by atoms with E-state index in [9.17, 15) is 18.8 Å². The molecule has 0 bridgehead atoms. The Bertz CT molecular complexity index is 1510. The molecule has 0 saturated carbocycles. The van der Waals surface area contributed by atoms with E-state index in [0.717, 1.165) is 0 Å². The molecule has 1 aliphatic heterocycles. The van der Waals surface area contributed by atoms with Crippen molar-refractivity contribution < 1.29 is 14.0 Å². The van der Waals surface area contributed by atoms with Crippen LogP contribution in [0.1, 0.15) is 6.42 Å². The van der Waals surface area contributed by atoms with Gasteiger partial charge in [-0.15, -0.1) is 0 Å². The van der Waals surface area contributed by atoms with Crippen LogP contribution in [0.25, 0.3) is 16.7 Å². The first kappa shape index (κ1) is 21.0. The predicted octanol–water partition coefficient (Wildman–Crippen LogP) is 1.31. The third-order valence-electron chi connectivity index (χ3n) is 5.34. The summed E-state index contributed by atoms with van der Waals surface area (Å²) in [7, 11) is 0. The third kappa shape index (κ3) is 3.66. The van der Waals surface area contributed by atoms with Gasteiger partial charge >= 0.3 is 0 Å². The highest BCUT2D eigenvalue weighted by atomic mass is 19.1. The number of nitrogens with two attached hydrogens (primary N) is 1. The Labute approximate surface area is 190 Å². The molecule has 0 radical (unpaired) electrons. The van der Waals surface area contributed by atoms with Crippen LogP contribution in [0.4, 0.5) is 15.8 Å². The van der Waals surface area contributed by atoms with Crippen molar-refractivity contribution in [1.29, 1.82) is 0 Å². The van der Waals surface area contributed by atoms with Crippen molar-refractivity contribution in [3.8, 4) is 5.69 Å². The van der Waals surface area contributed by atoms with Crippen molar-refractivity contribution in [1.82, 2.24) is 19.7 Å². The molecule has 0 saturated heterocycles. The maximum atomic E-state index is 13.3. The second-order valence-corrected chi connectivity index (χ2v) is 7.49. The van der Waals surface area contributed by atoms with Crippen LogP contribution in [-0.2, 0) is 9.59 Å². The van der Waals surface area contributed by atoms with E-state index in [-0.39, 0.29) is 17.7 Å². The van der Waals surface area contributed by atoms with Crippen molar-refractivity contribution in [3.63, 3.8) is 0 Å². The Hall–Kier alpha value is -4.87. The second-order valence-electron chi connectivity index (χ2n) is 7.49. The minimum atomic E-state index is -0.896. The summed E-state index contributed by atoms with van der Waals surface area (Å²) in [5.74, 6) is -1.67. The topological polar surface area (TPSA) is 151 Å². The summed E-state index contributed by atoms with van der Waals surface area (Å²) in [5.41, 5.74) is 6.86. The molecular formula is C22H17FN8O3. The maximum absolute atomic E-state index is 13.3. The molecule has 0 aliphatic carbocycles. The average Bonchev–Trinajstić information content (AvgIpc) is 3.46. The monoisotopic (exact) mass is 460 g/mol. The number of benzene rings is 2. The highest BCUT2D eigenvalue weighted by Crippen LogP contribution is 2.27. The standard InChI is InChI=1S/C22H17FN8O3/c23-12-5-7-13(8-6-12)30-18(19(24)32)9-16(29-30)22(34)28-15-3-1-2-4-17(15)31-20-14(10-27-31)21(33)26-11-25-20/h1-8,10-11,18H,9H2,(H2,24,32)(H,28,34)(H,25,26,33). The number of fused-ring (bicyclic) bond motifs is 1. The zero-order valence-corrected chi connectivity index (χ0v) is 17.5. The molecule has 2 aromatic heterocycles. The summed E-state index contributed by atoms with van der Waals surface area (Å²) >= 11 is 0. The van der Waals surface area contributed by atoms with Crippen LogP contribution in [0.3, 0.4) is 0 Å². The molecule has 1 unspecified atom stereocenters. The molecule has 5 rings (SSSR count). The van der Waals surface area contributed by atoms with Gasteiger partial charge in [0.1, 0.15) is 23.0 Å². The number of hydrazone groups is 1. The zero-order valence-electron chi connectivity index (χ0n) is 17.5. The van der Waals surface area contributed by atoms with E-state index in [2.05, 4.69) is 25.5 Å². The minimum absolute atomic E-state index is 0.0255. The Balaban J connectivity index is 1.46. The molecule has 12 heteroatoms. The number of aromatic amines is 1. The Morgan fingerprint density at radius 3 is 2.68 bits per heavy atom. The number of rotatable bonds is 5. The molecule has 0 spiro atoms. The van der Waals surface area contributed by atoms with Crippen LogP contribution < -0.4 is 21.6 Å². The van der Waals surface area contributed by atoms with Crippen LogP contribution in [0.2, 0.25) is 0 Å². The van der Waals surface area contributed by atoms with Gasteiger partial charge in [-0.25, -0.2) is 14.1 Å². The average molecular weight is 460 g/mol. The fourth-order valence-corrected chi connectivity index (χ4v) is 3.69. The van der Waals surface area contributed by atoms with Gasteiger partial charge < -0.3 is 16.0 Å². The fraction of sp³-hybridized carbons (Fsp3) is 0.0909. The quantitative estimate of drug-likeness (QED) is 0.408. The van der Waals surface area contributed by atoms with Gasteiger partial charge in [0.05, 0.1) is 29.6 Å². The number of hydrogen-bond acceptors (Lipinski definition) is 7. The van der Waals surface area contributed by atoms with Gasteiger partial charge in [0.25, 0.3) is 11.5 Å². The van der Waals surface area contributed by atoms with Gasteiger partial charge in [0.15, 0.2) is 5.65 Å². The lowest BCUT2D eigenvalue weighted by atomic mass is 10.1. The predicted molar refractivity (Wildman–Crippen MR) is 122 cm³/mol. The lowest BCUT2D eigenvalue weighted by molar-refractivity contribution is -0.119. The molecule has 4 aromatic rings. The van der Waals surface area contributed by atoms with Crippen molar-refractivity contribution in [2.75, 3.05) is 10.3 Å². The molecule has 1 atom stereocenters. The summed E-state index contributed by atoms with van der Waals surface area (Å²) in [6.07, 6.45) is 2.63. The summed E-state index contributed by atoms with van der Waals surface area (Å²) in [6.45, 7) is 0. The van der Waals surface area contributed by atoms with Gasteiger partial charge in [-0.3, -0.25) is 19.4 Å². The molecule has 34 heavy (non-hydrogen) atoms. The van der Waals surface area contributed by atoms with Crippen molar-refractivity contribution in [2.45, 2.75) is 12.5 Å². The van der Waals surface area contributed by atoms with Gasteiger partial charge in [0, 0.05) is 6.42 Å². The molecule has 0 fully saturated rings. The smallest absolute Gasteiger partial charge is 0.272 e. The molecular weight excluding hydrogens is 443 g/mol. The number of hydrogen-bond donors (Lipinski definition) is 3. The molecule has 11 nitrogen and oxygen atoms in total. The summed E-state index contributed by atoms with van der Waals surface area (Å²) in [4.78, 5) is 43.7. The first-order valence-corrected chi connectivity index (χ1v) is 10.2. The molecule has 3 heterocycles. The number of halogens is 1. The van der Waals surface area contributed by atoms with Crippen LogP contribution in [0.5, 0.6) is 0 Å². The lowest BCUT2D eigenvalue weighted by Crippen LogP contribution is -2.39. The number of amides is 2. The molecule has 170 valence electrons. The number of para-hydroxylation sites is 2. The normalized spacial score (nSPS) is 15.4. The number of anilines is 2. The number of nitrogens with one attached hydrogen (secondary N) is 2. The second kappa shape index (κ2) is 8.24. The third-order valence-corrected chi connectivity index (χ3v) is 5.34. The number of nitrogens with zero attached hydrogens (tertiary/aromatic N) is 5. The lowest BCUT2D eigenvalue weighted by Gasteiger charge is -2.20. The van der Waals surface area contributed by atoms with Crippen LogP contribution in [0, 0.1) is 5.82 Å². The molecule has 2 aromatic carbocycles. The van der Waals surface area contributed by atoms with E-state index in [4.69, 9.17) is 5.73 Å². The fourth-order valence-electron chi connectivity index (χ4n) is 3.69. The SMILES string of the molecule is NC(=O)C1CC(C(=O)Nc2ccccc2-n2ncc3c(=O)[nH]cnc32)=NN1c1ccc(F)cc1. The zero-order chi connectivity index (χ0) is 23.8. The number of primary amides is 1. The number of aromatic nitrogens is 4. The van der Waals surface area contributed by atoms with E-state index in [0.29, 0.717) is 28.1 Å². The largest absolute Gasteiger partial charge is 0.368 e. The first-order chi connectivity index (χ1) is 16.4. The van der Waals surface area contributed by atoms with E-state index < -0.39 is 23.7 Å². The van der Waals surface area contributed by atoms with Crippen LogP contribution >= 0.6 is 0 Å². The Morgan fingerprint density at radius 2 is 1.91 bits per heavy atom. The summed E-state index contributed by atoms with van der Waals surface area (Å²) in [6, 6.07) is 11.3. The maximum Gasteiger partial charge on any atom is 0.272 e. The van der Waals surface area contributed by atoms with Gasteiger partial charge in [0.2, 0.25) is 5.91 Å². The van der Waals surface area contributed by atoms with Gasteiger partial charge in [-0.05, 0) is 36.4 Å². The van der Waals surface area contributed by atoms with E-state index in [1.165, 1.54) is 46.5 Å². The van der Waals surface area contributed by atoms with Crippen molar-refractivity contribution in [2.24, 2.45) is 10.8 Å². The number of carbonyl (C=O) groups excluding carboxylic acids is 2. The van der Waals surface area contributed by atoms with Crippen molar-refractivity contribution >= 4 is 39.9 Å². The van der Waals surface area contributed by atoms with E-state index >= 15 is 0 Å². The number of carbonyl (C=O) groups is 2. The van der Waals surface area contributed by atoms with Gasteiger partial charge in [-0.1, -0.05) is 12.1 Å². The van der Waals surface area contributed by atoms with Crippen LogP contribution in [-0.4, -0.2) is 43.3 Å². The molecule has 4 N–H and O–H groups in total. The van der Waals surface area contributed by atoms with E-state index in [1.807, 2.05) is 0 Å². The molecule has 1 aliphatic rings. The van der Waals surface area contributed by atoms with Gasteiger partial charge in [-0.2, -0.15) is 10.2 Å². The Kier molecular flexibility index (Phi) is 5.09. The molecule has 2 amide bonds. The highest BCUT2D eigenvalue weighted by Gasteiger charge is 2.35. The number of H-pyrrole nitrogens is 1. The van der Waals surface area contributed by atoms with E-state index in [1.54, 1.807) is 24.3 Å². The highest BCUT2D eigenvalue weighted by molar-refractivity contribution is 6.44. The summed E-state index contributed by atoms with van der Waals surface area (Å²) in [5, 5.41) is 12.9. The van der Waals surface area contributed by atoms with Crippen LogP contribution in [0.15, 0.2) is 71.0 Å². The Morgan fingerprint density at radius 1 is 1.15 bits per heavy atom. The summed E-state index contributed by atoms with van der Waals surface area (Å²) < 4.78 is 14.7. The minimum Gasteiger partial charge on any atom is -0.368 e. The van der Waals surface area contributed by atoms with Crippen molar-refractivity contribution in [3.05, 3.63) is 77.2 Å².